The number of anilines is 1. The van der Waals surface area contributed by atoms with Gasteiger partial charge in [0.2, 0.25) is 0 Å². The van der Waals surface area contributed by atoms with Crippen molar-refractivity contribution >= 4 is 28.5 Å². The van der Waals surface area contributed by atoms with Crippen LogP contribution in [-0.4, -0.2) is 58.0 Å². The number of para-hydroxylation sites is 1. The number of aromatic nitrogens is 1. The fourth-order valence-corrected chi connectivity index (χ4v) is 5.20. The fourth-order valence-electron chi connectivity index (χ4n) is 4.37. The molecule has 3 heterocycles. The molecule has 0 amide bonds. The second-order valence-electron chi connectivity index (χ2n) is 8.41. The number of piperazine rings is 1. The third-order valence-corrected chi connectivity index (χ3v) is 6.86. The van der Waals surface area contributed by atoms with Crippen molar-refractivity contribution < 1.29 is 13.2 Å². The summed E-state index contributed by atoms with van der Waals surface area (Å²) in [6.07, 6.45) is -3.25. The maximum absolute atomic E-state index is 12.9. The summed E-state index contributed by atoms with van der Waals surface area (Å²) in [5.41, 5.74) is 8.03. The first kappa shape index (κ1) is 24.3. The van der Waals surface area contributed by atoms with Gasteiger partial charge in [-0.3, -0.25) is 9.69 Å². The summed E-state index contributed by atoms with van der Waals surface area (Å²) in [7, 11) is 1.68. The van der Waals surface area contributed by atoms with Gasteiger partial charge in [-0.05, 0) is 24.9 Å². The van der Waals surface area contributed by atoms with Crippen molar-refractivity contribution in [1.82, 2.24) is 24.8 Å². The molecular formula is C22H26F3N7OS. The van der Waals surface area contributed by atoms with E-state index in [1.165, 1.54) is 4.57 Å². The number of rotatable bonds is 6. The van der Waals surface area contributed by atoms with E-state index in [0.717, 1.165) is 28.5 Å². The Balaban J connectivity index is 1.45. The topological polar surface area (TPSA) is 79.6 Å². The van der Waals surface area contributed by atoms with E-state index in [9.17, 15) is 23.2 Å². The Bertz CT molecular complexity index is 1190. The van der Waals surface area contributed by atoms with Crippen LogP contribution in [-0.2, 0) is 7.05 Å². The van der Waals surface area contributed by atoms with Crippen molar-refractivity contribution in [1.29, 1.82) is 5.26 Å². The van der Waals surface area contributed by atoms with Crippen molar-refractivity contribution in [2.45, 2.75) is 25.6 Å². The molecule has 0 bridgehead atoms. The molecule has 0 radical (unpaired) electrons. The molecule has 34 heavy (non-hydrogen) atoms. The summed E-state index contributed by atoms with van der Waals surface area (Å²) >= 11 is 1.06. The number of benzene rings is 1. The fraction of sp³-hybridized carbons (Fsp3) is 0.455. The van der Waals surface area contributed by atoms with Gasteiger partial charge in [0.1, 0.15) is 11.6 Å². The molecule has 8 nitrogen and oxygen atoms in total. The first-order chi connectivity index (χ1) is 16.2. The summed E-state index contributed by atoms with van der Waals surface area (Å²) in [6, 6.07) is 9.77. The van der Waals surface area contributed by atoms with Gasteiger partial charge in [0.05, 0.1) is 29.5 Å². The Labute approximate surface area is 199 Å². The lowest BCUT2D eigenvalue weighted by Crippen LogP contribution is -2.53. The number of nitrogens with one attached hydrogen (secondary N) is 2. The molecule has 1 aromatic carbocycles. The SMILES string of the molecule is CC1CN(CC2=CN(SCCC(F)(F)F)NN2)CCN1c1c(C#N)c(=O)n(C)c2ccccc12. The highest BCUT2D eigenvalue weighted by molar-refractivity contribution is 7.97. The van der Waals surface area contributed by atoms with Crippen LogP contribution in [0.5, 0.6) is 0 Å². The lowest BCUT2D eigenvalue weighted by atomic mass is 10.0. The molecule has 1 fully saturated rings. The lowest BCUT2D eigenvalue weighted by molar-refractivity contribution is -0.129. The number of nitriles is 1. The second kappa shape index (κ2) is 9.77. The number of pyridine rings is 1. The molecule has 0 aliphatic carbocycles. The van der Waals surface area contributed by atoms with Crippen molar-refractivity contribution in [2.75, 3.05) is 36.8 Å². The number of hydrazine groups is 2. The Morgan fingerprint density at radius 1 is 1.26 bits per heavy atom. The normalized spacial score (nSPS) is 19.3. The van der Waals surface area contributed by atoms with Gasteiger partial charge in [-0.15, -0.1) is 5.53 Å². The van der Waals surface area contributed by atoms with Gasteiger partial charge in [0.15, 0.2) is 0 Å². The number of hydrogen-bond acceptors (Lipinski definition) is 8. The van der Waals surface area contributed by atoms with Crippen LogP contribution in [0.1, 0.15) is 18.9 Å². The lowest BCUT2D eigenvalue weighted by Gasteiger charge is -2.42. The van der Waals surface area contributed by atoms with Crippen molar-refractivity contribution in [3.8, 4) is 6.07 Å². The van der Waals surface area contributed by atoms with E-state index in [0.29, 0.717) is 31.9 Å². The van der Waals surface area contributed by atoms with Crippen LogP contribution in [0.25, 0.3) is 10.9 Å². The molecule has 1 aromatic heterocycles. The Morgan fingerprint density at radius 2 is 2.03 bits per heavy atom. The number of hydrogen-bond donors (Lipinski definition) is 2. The minimum absolute atomic E-state index is 0.0450. The summed E-state index contributed by atoms with van der Waals surface area (Å²) in [5, 5.41) is 10.7. The predicted octanol–water partition coefficient (Wildman–Crippen LogP) is 2.69. The van der Waals surface area contributed by atoms with Crippen LogP contribution >= 0.6 is 11.9 Å². The molecule has 0 saturated carbocycles. The van der Waals surface area contributed by atoms with E-state index < -0.39 is 12.6 Å². The first-order valence-electron chi connectivity index (χ1n) is 10.9. The number of alkyl halides is 3. The molecule has 0 spiro atoms. The average molecular weight is 494 g/mol. The largest absolute Gasteiger partial charge is 0.389 e. The molecule has 2 aromatic rings. The molecule has 182 valence electrons. The Hall–Kier alpha value is -2.88. The number of halogens is 3. The zero-order valence-electron chi connectivity index (χ0n) is 18.9. The standard InChI is InChI=1S/C22H26F3N7OS/c1-15-12-30(13-16-14-32(28-27-16)34-10-7-22(23,24)25)8-9-31(15)20-17-5-3-4-6-19(17)29(2)21(33)18(20)11-26/h3-6,14-15,27-28H,7-10,12-13H2,1-2H3. The molecule has 2 N–H and O–H groups in total. The highest BCUT2D eigenvalue weighted by Crippen LogP contribution is 2.31. The molecule has 1 unspecified atom stereocenters. The van der Waals surface area contributed by atoms with Crippen molar-refractivity contribution in [2.24, 2.45) is 7.05 Å². The van der Waals surface area contributed by atoms with Gasteiger partial charge in [-0.2, -0.15) is 18.4 Å². The maximum Gasteiger partial charge on any atom is 0.389 e. The monoisotopic (exact) mass is 493 g/mol. The number of aryl methyl sites for hydroxylation is 1. The predicted molar refractivity (Wildman–Crippen MR) is 126 cm³/mol. The average Bonchev–Trinajstić information content (AvgIpc) is 3.23. The minimum Gasteiger partial charge on any atom is -0.364 e. The van der Waals surface area contributed by atoms with Gasteiger partial charge in [0.25, 0.3) is 5.56 Å². The van der Waals surface area contributed by atoms with Gasteiger partial charge in [-0.25, -0.2) is 4.41 Å². The quantitative estimate of drug-likeness (QED) is 0.595. The van der Waals surface area contributed by atoms with Crippen LogP contribution in [0.3, 0.4) is 0 Å². The summed E-state index contributed by atoms with van der Waals surface area (Å²) in [6.45, 7) is 4.71. The number of nitrogens with zero attached hydrogens (tertiary/aromatic N) is 5. The first-order valence-corrected chi connectivity index (χ1v) is 11.8. The molecular weight excluding hydrogens is 467 g/mol. The minimum atomic E-state index is -4.16. The van der Waals surface area contributed by atoms with E-state index in [1.807, 2.05) is 24.3 Å². The Kier molecular flexibility index (Phi) is 6.97. The van der Waals surface area contributed by atoms with E-state index in [4.69, 9.17) is 0 Å². The van der Waals surface area contributed by atoms with Crippen LogP contribution in [0, 0.1) is 11.3 Å². The third-order valence-electron chi connectivity index (χ3n) is 6.00. The van der Waals surface area contributed by atoms with Crippen LogP contribution in [0.15, 0.2) is 41.0 Å². The van der Waals surface area contributed by atoms with E-state index in [2.05, 4.69) is 33.8 Å². The van der Waals surface area contributed by atoms with Gasteiger partial charge >= 0.3 is 6.18 Å². The summed E-state index contributed by atoms with van der Waals surface area (Å²) in [5.74, 6) is -0.0661. The zero-order chi connectivity index (χ0) is 24.5. The maximum atomic E-state index is 12.9. The second-order valence-corrected chi connectivity index (χ2v) is 9.47. The Morgan fingerprint density at radius 3 is 2.74 bits per heavy atom. The van der Waals surface area contributed by atoms with Crippen LogP contribution < -0.4 is 21.4 Å². The molecule has 1 saturated heterocycles. The molecule has 4 rings (SSSR count). The van der Waals surface area contributed by atoms with E-state index >= 15 is 0 Å². The van der Waals surface area contributed by atoms with Crippen LogP contribution in [0.2, 0.25) is 0 Å². The van der Waals surface area contributed by atoms with E-state index in [-0.39, 0.29) is 22.9 Å². The highest BCUT2D eigenvalue weighted by atomic mass is 32.2. The number of fused-ring (bicyclic) bond motifs is 1. The smallest absolute Gasteiger partial charge is 0.364 e. The molecule has 2 aliphatic heterocycles. The summed E-state index contributed by atoms with van der Waals surface area (Å²) < 4.78 is 40.1. The molecule has 1 atom stereocenters. The van der Waals surface area contributed by atoms with Gasteiger partial charge < -0.3 is 14.9 Å². The van der Waals surface area contributed by atoms with Crippen molar-refractivity contribution in [3.05, 3.63) is 52.1 Å². The van der Waals surface area contributed by atoms with Gasteiger partial charge in [0, 0.05) is 50.4 Å². The molecule has 2 aliphatic rings. The van der Waals surface area contributed by atoms with Crippen LogP contribution in [0.4, 0.5) is 18.9 Å². The molecule has 12 heteroatoms. The van der Waals surface area contributed by atoms with Crippen molar-refractivity contribution in [3.63, 3.8) is 0 Å². The highest BCUT2D eigenvalue weighted by Gasteiger charge is 2.30. The zero-order valence-corrected chi connectivity index (χ0v) is 19.7. The van der Waals surface area contributed by atoms with E-state index in [1.54, 1.807) is 17.7 Å². The summed E-state index contributed by atoms with van der Waals surface area (Å²) in [4.78, 5) is 17.2. The van der Waals surface area contributed by atoms with Gasteiger partial charge in [-0.1, -0.05) is 18.2 Å². The third kappa shape index (κ3) is 5.11.